The monoisotopic (exact) mass is 248 g/mol. The molecule has 0 bridgehead atoms. The molecule has 2 N–H and O–H groups in total. The molecule has 0 saturated heterocycles. The highest BCUT2D eigenvalue weighted by molar-refractivity contribution is 5.96. The summed E-state index contributed by atoms with van der Waals surface area (Å²) in [6, 6.07) is 7.41. The quantitative estimate of drug-likeness (QED) is 0.786. The van der Waals surface area contributed by atoms with E-state index in [9.17, 15) is 9.59 Å². The van der Waals surface area contributed by atoms with Gasteiger partial charge in [0.15, 0.2) is 0 Å². The summed E-state index contributed by atoms with van der Waals surface area (Å²) in [7, 11) is 0. The van der Waals surface area contributed by atoms with Crippen LogP contribution in [0.3, 0.4) is 0 Å². The summed E-state index contributed by atoms with van der Waals surface area (Å²) in [5.74, 6) is -1.95. The van der Waals surface area contributed by atoms with Crippen molar-refractivity contribution in [3.8, 4) is 0 Å². The van der Waals surface area contributed by atoms with Crippen LogP contribution in [0.25, 0.3) is 6.08 Å². The van der Waals surface area contributed by atoms with Gasteiger partial charge in [0.25, 0.3) is 0 Å². The first kappa shape index (κ1) is 14.0. The molecule has 4 heteroatoms. The number of rotatable bonds is 5. The predicted molar refractivity (Wildman–Crippen MR) is 68.4 cm³/mol. The first-order chi connectivity index (χ1) is 8.40. The van der Waals surface area contributed by atoms with E-state index in [1.54, 1.807) is 12.1 Å². The largest absolute Gasteiger partial charge is 0.481 e. The average Bonchev–Trinajstić information content (AvgIpc) is 2.28. The van der Waals surface area contributed by atoms with Gasteiger partial charge >= 0.3 is 11.9 Å². The van der Waals surface area contributed by atoms with Gasteiger partial charge in [-0.3, -0.25) is 4.79 Å². The third kappa shape index (κ3) is 4.05. The number of hydrogen-bond acceptors (Lipinski definition) is 2. The Morgan fingerprint density at radius 3 is 2.11 bits per heavy atom. The van der Waals surface area contributed by atoms with Gasteiger partial charge in [-0.1, -0.05) is 38.1 Å². The van der Waals surface area contributed by atoms with Crippen LogP contribution in [0.5, 0.6) is 0 Å². The minimum Gasteiger partial charge on any atom is -0.481 e. The molecule has 0 unspecified atom stereocenters. The molecular formula is C14H16O4. The van der Waals surface area contributed by atoms with Gasteiger partial charge in [-0.15, -0.1) is 0 Å². The molecule has 0 radical (unpaired) electrons. The van der Waals surface area contributed by atoms with E-state index in [0.717, 1.165) is 5.56 Å². The summed E-state index contributed by atoms with van der Waals surface area (Å²) in [5.41, 5.74) is 1.72. The zero-order chi connectivity index (χ0) is 13.7. The van der Waals surface area contributed by atoms with E-state index in [1.807, 2.05) is 12.1 Å². The van der Waals surface area contributed by atoms with Gasteiger partial charge in [-0.25, -0.2) is 4.79 Å². The van der Waals surface area contributed by atoms with E-state index in [1.165, 1.54) is 6.08 Å². The number of benzene rings is 1. The molecule has 0 fully saturated rings. The SMILES string of the molecule is CC(C)c1ccc(/C=C(\CC(=O)O)C(=O)O)cc1. The number of aliphatic carboxylic acids is 2. The Kier molecular flexibility index (Phi) is 4.66. The second-order valence-corrected chi connectivity index (χ2v) is 4.37. The fourth-order valence-corrected chi connectivity index (χ4v) is 1.53. The van der Waals surface area contributed by atoms with Crippen LogP contribution in [0.2, 0.25) is 0 Å². The van der Waals surface area contributed by atoms with Crippen LogP contribution >= 0.6 is 0 Å². The van der Waals surface area contributed by atoms with E-state index < -0.39 is 18.4 Å². The van der Waals surface area contributed by atoms with Crippen molar-refractivity contribution in [3.63, 3.8) is 0 Å². The molecule has 0 aliphatic rings. The maximum atomic E-state index is 10.9. The van der Waals surface area contributed by atoms with Crippen LogP contribution in [0, 0.1) is 0 Å². The lowest BCUT2D eigenvalue weighted by atomic mass is 10.0. The Labute approximate surface area is 106 Å². The van der Waals surface area contributed by atoms with Crippen molar-refractivity contribution in [3.05, 3.63) is 41.0 Å². The standard InChI is InChI=1S/C14H16O4/c1-9(2)11-5-3-10(4-6-11)7-12(14(17)18)8-13(15)16/h3-7,9H,8H2,1-2H3,(H,15,16)(H,17,18)/b12-7+. The topological polar surface area (TPSA) is 74.6 Å². The summed E-state index contributed by atoms with van der Waals surface area (Å²) in [5, 5.41) is 17.5. The normalized spacial score (nSPS) is 11.6. The number of hydrogen-bond donors (Lipinski definition) is 2. The molecule has 1 rings (SSSR count). The van der Waals surface area contributed by atoms with Gasteiger partial charge in [0, 0.05) is 5.57 Å². The van der Waals surface area contributed by atoms with Crippen LogP contribution in [0.4, 0.5) is 0 Å². The molecule has 0 saturated carbocycles. The highest BCUT2D eigenvalue weighted by atomic mass is 16.4. The summed E-state index contributed by atoms with van der Waals surface area (Å²) >= 11 is 0. The third-order valence-corrected chi connectivity index (χ3v) is 2.56. The summed E-state index contributed by atoms with van der Waals surface area (Å²) in [4.78, 5) is 21.4. The summed E-state index contributed by atoms with van der Waals surface area (Å²) < 4.78 is 0. The van der Waals surface area contributed by atoms with Crippen molar-refractivity contribution in [1.82, 2.24) is 0 Å². The molecule has 0 atom stereocenters. The van der Waals surface area contributed by atoms with Crippen LogP contribution < -0.4 is 0 Å². The molecule has 0 aliphatic heterocycles. The lowest BCUT2D eigenvalue weighted by molar-refractivity contribution is -0.139. The smallest absolute Gasteiger partial charge is 0.332 e. The third-order valence-electron chi connectivity index (χ3n) is 2.56. The molecule has 1 aromatic rings. The van der Waals surface area contributed by atoms with Gasteiger partial charge in [0.05, 0.1) is 6.42 Å². The Morgan fingerprint density at radius 2 is 1.72 bits per heavy atom. The number of carboxylic acids is 2. The molecule has 4 nitrogen and oxygen atoms in total. The second-order valence-electron chi connectivity index (χ2n) is 4.37. The fraction of sp³-hybridized carbons (Fsp3) is 0.286. The molecule has 0 aliphatic carbocycles. The lowest BCUT2D eigenvalue weighted by Crippen LogP contribution is -2.06. The Bertz CT molecular complexity index is 469. The van der Waals surface area contributed by atoms with E-state index >= 15 is 0 Å². The molecule has 96 valence electrons. The summed E-state index contributed by atoms with van der Waals surface area (Å²) in [6.45, 7) is 4.13. The molecule has 0 amide bonds. The molecular weight excluding hydrogens is 232 g/mol. The first-order valence-electron chi connectivity index (χ1n) is 5.65. The predicted octanol–water partition coefficient (Wildman–Crippen LogP) is 2.75. The molecule has 1 aromatic carbocycles. The maximum Gasteiger partial charge on any atom is 0.332 e. The van der Waals surface area contributed by atoms with Crippen molar-refractivity contribution >= 4 is 18.0 Å². The zero-order valence-electron chi connectivity index (χ0n) is 10.4. The highest BCUT2D eigenvalue weighted by Crippen LogP contribution is 2.17. The van der Waals surface area contributed by atoms with Gasteiger partial charge < -0.3 is 10.2 Å². The number of carboxylic acid groups (broad SMARTS) is 2. The van der Waals surface area contributed by atoms with E-state index in [0.29, 0.717) is 11.5 Å². The van der Waals surface area contributed by atoms with Gasteiger partial charge in [-0.05, 0) is 23.1 Å². The van der Waals surface area contributed by atoms with Crippen LogP contribution in [0.1, 0.15) is 37.3 Å². The zero-order valence-corrected chi connectivity index (χ0v) is 10.4. The van der Waals surface area contributed by atoms with E-state index in [-0.39, 0.29) is 5.57 Å². The highest BCUT2D eigenvalue weighted by Gasteiger charge is 2.11. The molecule has 0 aromatic heterocycles. The van der Waals surface area contributed by atoms with Crippen molar-refractivity contribution in [2.75, 3.05) is 0 Å². The van der Waals surface area contributed by atoms with Gasteiger partial charge in [-0.2, -0.15) is 0 Å². The van der Waals surface area contributed by atoms with Crippen molar-refractivity contribution in [1.29, 1.82) is 0 Å². The fourth-order valence-electron chi connectivity index (χ4n) is 1.53. The Morgan fingerprint density at radius 1 is 1.17 bits per heavy atom. The van der Waals surface area contributed by atoms with Crippen LogP contribution in [0.15, 0.2) is 29.8 Å². The Balaban J connectivity index is 2.97. The van der Waals surface area contributed by atoms with Crippen LogP contribution in [-0.4, -0.2) is 22.2 Å². The van der Waals surface area contributed by atoms with Crippen molar-refractivity contribution in [2.45, 2.75) is 26.2 Å². The molecule has 18 heavy (non-hydrogen) atoms. The van der Waals surface area contributed by atoms with Gasteiger partial charge in [0.2, 0.25) is 0 Å². The second kappa shape index (κ2) is 6.00. The van der Waals surface area contributed by atoms with E-state index in [4.69, 9.17) is 10.2 Å². The first-order valence-corrected chi connectivity index (χ1v) is 5.65. The molecule has 0 spiro atoms. The van der Waals surface area contributed by atoms with Crippen LogP contribution in [-0.2, 0) is 9.59 Å². The van der Waals surface area contributed by atoms with Crippen molar-refractivity contribution < 1.29 is 19.8 Å². The summed E-state index contributed by atoms with van der Waals surface area (Å²) in [6.07, 6.45) is 0.905. The average molecular weight is 248 g/mol. The maximum absolute atomic E-state index is 10.9. The minimum absolute atomic E-state index is 0.125. The number of carbonyl (C=O) groups is 2. The van der Waals surface area contributed by atoms with Gasteiger partial charge in [0.1, 0.15) is 0 Å². The van der Waals surface area contributed by atoms with E-state index in [2.05, 4.69) is 13.8 Å². The van der Waals surface area contributed by atoms with Crippen molar-refractivity contribution in [2.24, 2.45) is 0 Å². The Hall–Kier alpha value is -2.10. The molecule has 0 heterocycles. The minimum atomic E-state index is -1.20. The lowest BCUT2D eigenvalue weighted by Gasteiger charge is -2.05.